The molecule has 0 bridgehead atoms. The number of aliphatic carboxylic acids is 1. The summed E-state index contributed by atoms with van der Waals surface area (Å²) in [4.78, 5) is 23.0. The predicted molar refractivity (Wildman–Crippen MR) is 108 cm³/mol. The van der Waals surface area contributed by atoms with Crippen molar-refractivity contribution >= 4 is 12.1 Å². The van der Waals surface area contributed by atoms with Crippen LogP contribution in [0.5, 0.6) is 0 Å². The lowest BCUT2D eigenvalue weighted by molar-refractivity contribution is -0.136. The first-order valence-corrected chi connectivity index (χ1v) is 9.57. The Morgan fingerprint density at radius 1 is 1.10 bits per heavy atom. The zero-order valence-corrected chi connectivity index (χ0v) is 16.4. The number of carboxylic acid groups (broad SMARTS) is 1. The summed E-state index contributed by atoms with van der Waals surface area (Å²) < 4.78 is 19.7. The number of ether oxygens (including phenoxy) is 1. The Balaban J connectivity index is 1.69. The molecule has 6 heteroatoms. The van der Waals surface area contributed by atoms with E-state index in [9.17, 15) is 14.0 Å². The molecule has 1 unspecified atom stereocenters. The second-order valence-corrected chi connectivity index (χ2v) is 7.38. The van der Waals surface area contributed by atoms with Gasteiger partial charge < -0.3 is 15.2 Å². The SMILES string of the molecule is CC(C)C(NC(=O)OCC1c2ccccc2-c2ccccc21)/C(F)=C/CC(=O)O. The number of hydrogen-bond donors (Lipinski definition) is 2. The van der Waals surface area contributed by atoms with Crippen molar-refractivity contribution in [3.63, 3.8) is 0 Å². The summed E-state index contributed by atoms with van der Waals surface area (Å²) >= 11 is 0. The third kappa shape index (κ3) is 4.65. The number of carboxylic acids is 1. The molecule has 0 aromatic heterocycles. The Labute approximate surface area is 169 Å². The van der Waals surface area contributed by atoms with Crippen molar-refractivity contribution in [2.75, 3.05) is 6.61 Å². The van der Waals surface area contributed by atoms with Crippen LogP contribution in [0, 0.1) is 5.92 Å². The maximum absolute atomic E-state index is 14.3. The van der Waals surface area contributed by atoms with Crippen LogP contribution in [0.1, 0.15) is 37.3 Å². The van der Waals surface area contributed by atoms with E-state index in [4.69, 9.17) is 9.84 Å². The molecule has 0 saturated heterocycles. The average Bonchev–Trinajstić information content (AvgIpc) is 3.02. The standard InChI is InChI=1S/C23H24FNO4/c1-14(2)22(20(24)11-12-21(26)27)25-23(28)29-13-19-17-9-5-3-7-15(17)16-8-4-6-10-18(16)19/h3-11,14,19,22H,12-13H2,1-2H3,(H,25,28)(H,26,27)/b20-11-. The van der Waals surface area contributed by atoms with E-state index in [0.717, 1.165) is 28.3 Å². The van der Waals surface area contributed by atoms with Gasteiger partial charge in [-0.15, -0.1) is 0 Å². The van der Waals surface area contributed by atoms with Gasteiger partial charge in [-0.1, -0.05) is 62.4 Å². The molecule has 0 fully saturated rings. The topological polar surface area (TPSA) is 75.6 Å². The Morgan fingerprint density at radius 3 is 2.17 bits per heavy atom. The summed E-state index contributed by atoms with van der Waals surface area (Å²) in [7, 11) is 0. The monoisotopic (exact) mass is 397 g/mol. The molecule has 2 aromatic carbocycles. The molecule has 29 heavy (non-hydrogen) atoms. The molecule has 0 radical (unpaired) electrons. The van der Waals surface area contributed by atoms with Crippen molar-refractivity contribution in [3.8, 4) is 11.1 Å². The molecular weight excluding hydrogens is 373 g/mol. The first-order valence-electron chi connectivity index (χ1n) is 9.57. The number of carbonyl (C=O) groups excluding carboxylic acids is 1. The molecule has 1 atom stereocenters. The van der Waals surface area contributed by atoms with Gasteiger partial charge in [0.25, 0.3) is 0 Å². The van der Waals surface area contributed by atoms with E-state index >= 15 is 0 Å². The van der Waals surface area contributed by atoms with Crippen LogP contribution >= 0.6 is 0 Å². The smallest absolute Gasteiger partial charge is 0.407 e. The van der Waals surface area contributed by atoms with Crippen LogP contribution in [0.25, 0.3) is 11.1 Å². The van der Waals surface area contributed by atoms with Gasteiger partial charge in [-0.25, -0.2) is 9.18 Å². The second kappa shape index (κ2) is 8.90. The summed E-state index contributed by atoms with van der Waals surface area (Å²) in [6, 6.07) is 15.1. The fourth-order valence-corrected chi connectivity index (χ4v) is 3.63. The van der Waals surface area contributed by atoms with Crippen LogP contribution in [0.2, 0.25) is 0 Å². The van der Waals surface area contributed by atoms with E-state index in [0.29, 0.717) is 0 Å². The summed E-state index contributed by atoms with van der Waals surface area (Å²) in [5.41, 5.74) is 4.43. The molecule has 0 heterocycles. The molecule has 2 aromatic rings. The number of carbonyl (C=O) groups is 2. The van der Waals surface area contributed by atoms with Gasteiger partial charge in [0.15, 0.2) is 0 Å². The van der Waals surface area contributed by atoms with Gasteiger partial charge >= 0.3 is 12.1 Å². The van der Waals surface area contributed by atoms with Crippen molar-refractivity contribution in [1.29, 1.82) is 0 Å². The lowest BCUT2D eigenvalue weighted by Gasteiger charge is -2.21. The average molecular weight is 397 g/mol. The lowest BCUT2D eigenvalue weighted by atomic mass is 9.98. The Morgan fingerprint density at radius 2 is 1.66 bits per heavy atom. The van der Waals surface area contributed by atoms with E-state index in [1.807, 2.05) is 48.5 Å². The third-order valence-electron chi connectivity index (χ3n) is 5.05. The highest BCUT2D eigenvalue weighted by molar-refractivity contribution is 5.79. The predicted octanol–water partition coefficient (Wildman–Crippen LogP) is 4.88. The minimum atomic E-state index is -1.14. The fraction of sp³-hybridized carbons (Fsp3) is 0.304. The minimum absolute atomic E-state index is 0.0851. The van der Waals surface area contributed by atoms with Crippen LogP contribution in [-0.2, 0) is 9.53 Å². The summed E-state index contributed by atoms with van der Waals surface area (Å²) in [6.07, 6.45) is -0.206. The van der Waals surface area contributed by atoms with E-state index in [1.54, 1.807) is 13.8 Å². The minimum Gasteiger partial charge on any atom is -0.481 e. The molecule has 152 valence electrons. The number of nitrogens with one attached hydrogen (secondary N) is 1. The molecule has 0 spiro atoms. The summed E-state index contributed by atoms with van der Waals surface area (Å²) in [5, 5.41) is 11.2. The highest BCUT2D eigenvalue weighted by Gasteiger charge is 2.29. The third-order valence-corrected chi connectivity index (χ3v) is 5.05. The van der Waals surface area contributed by atoms with Gasteiger partial charge in [0, 0.05) is 5.92 Å². The highest BCUT2D eigenvalue weighted by Crippen LogP contribution is 2.44. The van der Waals surface area contributed by atoms with Gasteiger partial charge in [0.05, 0.1) is 12.5 Å². The van der Waals surface area contributed by atoms with Crippen molar-refractivity contribution in [2.45, 2.75) is 32.2 Å². The van der Waals surface area contributed by atoms with Crippen LogP contribution in [0.3, 0.4) is 0 Å². The number of benzene rings is 2. The number of amides is 1. The van der Waals surface area contributed by atoms with Crippen LogP contribution in [0.4, 0.5) is 9.18 Å². The number of rotatable bonds is 7. The maximum Gasteiger partial charge on any atom is 0.407 e. The number of hydrogen-bond acceptors (Lipinski definition) is 3. The Bertz CT molecular complexity index is 892. The molecule has 1 aliphatic rings. The van der Waals surface area contributed by atoms with Gasteiger partial charge in [0.1, 0.15) is 12.4 Å². The summed E-state index contributed by atoms with van der Waals surface area (Å²) in [6.45, 7) is 3.61. The fourth-order valence-electron chi connectivity index (χ4n) is 3.63. The van der Waals surface area contributed by atoms with Crippen molar-refractivity contribution in [1.82, 2.24) is 5.32 Å². The number of halogens is 1. The maximum atomic E-state index is 14.3. The molecule has 0 aliphatic heterocycles. The molecule has 0 saturated carbocycles. The van der Waals surface area contributed by atoms with Crippen LogP contribution < -0.4 is 5.32 Å². The zero-order chi connectivity index (χ0) is 21.0. The normalized spacial score (nSPS) is 14.3. The van der Waals surface area contributed by atoms with Gasteiger partial charge in [0.2, 0.25) is 0 Å². The first-order chi connectivity index (χ1) is 13.9. The molecule has 2 N–H and O–H groups in total. The second-order valence-electron chi connectivity index (χ2n) is 7.38. The van der Waals surface area contributed by atoms with E-state index in [2.05, 4.69) is 5.32 Å². The van der Waals surface area contributed by atoms with E-state index < -0.39 is 30.4 Å². The molecule has 5 nitrogen and oxygen atoms in total. The molecule has 3 rings (SSSR count). The number of fused-ring (bicyclic) bond motifs is 3. The summed E-state index contributed by atoms with van der Waals surface area (Å²) in [5.74, 6) is -2.17. The number of alkyl carbamates (subject to hydrolysis) is 1. The molecule has 1 aliphatic carbocycles. The van der Waals surface area contributed by atoms with Gasteiger partial charge in [-0.2, -0.15) is 0 Å². The largest absolute Gasteiger partial charge is 0.481 e. The molecular formula is C23H24FNO4. The van der Waals surface area contributed by atoms with Crippen molar-refractivity contribution in [3.05, 3.63) is 71.6 Å². The van der Waals surface area contributed by atoms with E-state index in [1.165, 1.54) is 0 Å². The highest BCUT2D eigenvalue weighted by atomic mass is 19.1. The van der Waals surface area contributed by atoms with Crippen LogP contribution in [0.15, 0.2) is 60.4 Å². The zero-order valence-electron chi connectivity index (χ0n) is 16.4. The van der Waals surface area contributed by atoms with E-state index in [-0.39, 0.29) is 18.4 Å². The Kier molecular flexibility index (Phi) is 6.32. The first kappa shape index (κ1) is 20.6. The van der Waals surface area contributed by atoms with Gasteiger partial charge in [-0.3, -0.25) is 4.79 Å². The quantitative estimate of drug-likeness (QED) is 0.698. The van der Waals surface area contributed by atoms with Crippen LogP contribution in [-0.4, -0.2) is 29.8 Å². The van der Waals surface area contributed by atoms with Crippen molar-refractivity contribution in [2.24, 2.45) is 5.92 Å². The lowest BCUT2D eigenvalue weighted by Crippen LogP contribution is -2.40. The van der Waals surface area contributed by atoms with Crippen molar-refractivity contribution < 1.29 is 23.8 Å². The Hall–Kier alpha value is -3.15. The molecule has 1 amide bonds. The van der Waals surface area contributed by atoms with Gasteiger partial charge in [-0.05, 0) is 34.2 Å².